The minimum atomic E-state index is -0.473. The van der Waals surface area contributed by atoms with E-state index < -0.39 is 6.04 Å². The van der Waals surface area contributed by atoms with E-state index in [9.17, 15) is 9.59 Å². The lowest BCUT2D eigenvalue weighted by Crippen LogP contribution is -2.47. The molecule has 0 aliphatic carbocycles. The normalized spacial score (nSPS) is 15.7. The van der Waals surface area contributed by atoms with Crippen molar-refractivity contribution in [1.29, 1.82) is 0 Å². The Bertz CT molecular complexity index is 787. The predicted octanol–water partition coefficient (Wildman–Crippen LogP) is 3.11. The van der Waals surface area contributed by atoms with Crippen LogP contribution in [0.25, 0.3) is 5.69 Å². The van der Waals surface area contributed by atoms with Crippen molar-refractivity contribution in [3.05, 3.63) is 41.7 Å². The molecular formula is C18H21ClN4O2. The smallest absolute Gasteiger partial charge is 0.247 e. The van der Waals surface area contributed by atoms with Gasteiger partial charge in [0.1, 0.15) is 6.04 Å². The van der Waals surface area contributed by atoms with Crippen LogP contribution in [0.2, 0.25) is 5.02 Å². The third-order valence-corrected chi connectivity index (χ3v) is 4.61. The SMILES string of the molecule is CC(C)C(C(=O)Nc1cnn(-c2ccccc2Cl)c1)N1CCCC1=O. The van der Waals surface area contributed by atoms with Crippen molar-refractivity contribution in [2.75, 3.05) is 11.9 Å². The molecule has 2 heterocycles. The Kier molecular flexibility index (Phi) is 5.08. The van der Waals surface area contributed by atoms with Gasteiger partial charge in [-0.1, -0.05) is 37.6 Å². The fourth-order valence-electron chi connectivity index (χ4n) is 3.14. The van der Waals surface area contributed by atoms with Crippen molar-refractivity contribution in [3.8, 4) is 5.69 Å². The molecule has 1 unspecified atom stereocenters. The van der Waals surface area contributed by atoms with Gasteiger partial charge in [-0.15, -0.1) is 0 Å². The lowest BCUT2D eigenvalue weighted by Gasteiger charge is -2.29. The molecule has 7 heteroatoms. The molecule has 1 aliphatic rings. The molecule has 132 valence electrons. The highest BCUT2D eigenvalue weighted by atomic mass is 35.5. The number of para-hydroxylation sites is 1. The maximum Gasteiger partial charge on any atom is 0.247 e. The number of benzene rings is 1. The summed E-state index contributed by atoms with van der Waals surface area (Å²) in [7, 11) is 0. The summed E-state index contributed by atoms with van der Waals surface area (Å²) < 4.78 is 1.61. The number of hydrogen-bond acceptors (Lipinski definition) is 3. The molecule has 1 saturated heterocycles. The Morgan fingerprint density at radius 1 is 1.32 bits per heavy atom. The highest BCUT2D eigenvalue weighted by molar-refractivity contribution is 6.32. The van der Waals surface area contributed by atoms with Gasteiger partial charge in [-0.25, -0.2) is 4.68 Å². The molecule has 25 heavy (non-hydrogen) atoms. The summed E-state index contributed by atoms with van der Waals surface area (Å²) in [5, 5.41) is 7.70. The van der Waals surface area contributed by atoms with E-state index in [1.165, 1.54) is 0 Å². The Balaban J connectivity index is 1.76. The Hall–Kier alpha value is -2.34. The van der Waals surface area contributed by atoms with Gasteiger partial charge >= 0.3 is 0 Å². The molecule has 1 aliphatic heterocycles. The van der Waals surface area contributed by atoms with Crippen LogP contribution in [0.4, 0.5) is 5.69 Å². The fraction of sp³-hybridized carbons (Fsp3) is 0.389. The molecule has 0 bridgehead atoms. The van der Waals surface area contributed by atoms with Crippen LogP contribution in [-0.2, 0) is 9.59 Å². The highest BCUT2D eigenvalue weighted by Crippen LogP contribution is 2.23. The molecule has 0 saturated carbocycles. The standard InChI is InChI=1S/C18H21ClN4O2/c1-12(2)17(22-9-5-8-16(22)24)18(25)21-13-10-20-23(11-13)15-7-4-3-6-14(15)19/h3-4,6-7,10-12,17H,5,8-9H2,1-2H3,(H,21,25). The summed E-state index contributed by atoms with van der Waals surface area (Å²) in [5.74, 6) is -0.120. The second-order valence-corrected chi connectivity index (χ2v) is 6.90. The van der Waals surface area contributed by atoms with Crippen molar-refractivity contribution >= 4 is 29.1 Å². The largest absolute Gasteiger partial charge is 0.330 e. The summed E-state index contributed by atoms with van der Waals surface area (Å²) in [5.41, 5.74) is 1.31. The maximum absolute atomic E-state index is 12.7. The fourth-order valence-corrected chi connectivity index (χ4v) is 3.36. The molecule has 2 aromatic rings. The van der Waals surface area contributed by atoms with E-state index >= 15 is 0 Å². The third-order valence-electron chi connectivity index (χ3n) is 4.30. The first-order valence-electron chi connectivity index (χ1n) is 8.37. The van der Waals surface area contributed by atoms with Gasteiger partial charge in [0, 0.05) is 13.0 Å². The predicted molar refractivity (Wildman–Crippen MR) is 96.8 cm³/mol. The van der Waals surface area contributed by atoms with Crippen LogP contribution in [0.1, 0.15) is 26.7 Å². The molecule has 1 fully saturated rings. The molecule has 1 atom stereocenters. The number of nitrogens with one attached hydrogen (secondary N) is 1. The van der Waals surface area contributed by atoms with Gasteiger partial charge in [-0.05, 0) is 24.5 Å². The van der Waals surface area contributed by atoms with Gasteiger partial charge in [0.2, 0.25) is 11.8 Å². The number of hydrogen-bond donors (Lipinski definition) is 1. The first kappa shape index (κ1) is 17.5. The van der Waals surface area contributed by atoms with Crippen molar-refractivity contribution in [2.45, 2.75) is 32.7 Å². The van der Waals surface area contributed by atoms with Crippen molar-refractivity contribution < 1.29 is 9.59 Å². The molecule has 2 amide bonds. The number of nitrogens with zero attached hydrogens (tertiary/aromatic N) is 3. The van der Waals surface area contributed by atoms with E-state index in [1.54, 1.807) is 28.0 Å². The number of aromatic nitrogens is 2. The summed E-state index contributed by atoms with van der Waals surface area (Å²) in [6.07, 6.45) is 4.60. The summed E-state index contributed by atoms with van der Waals surface area (Å²) >= 11 is 6.18. The van der Waals surface area contributed by atoms with E-state index in [2.05, 4.69) is 10.4 Å². The molecule has 0 radical (unpaired) electrons. The van der Waals surface area contributed by atoms with Gasteiger partial charge < -0.3 is 10.2 Å². The molecule has 1 aromatic carbocycles. The van der Waals surface area contributed by atoms with Crippen molar-refractivity contribution in [1.82, 2.24) is 14.7 Å². The van der Waals surface area contributed by atoms with Crippen LogP contribution in [0, 0.1) is 5.92 Å². The second kappa shape index (κ2) is 7.27. The van der Waals surface area contributed by atoms with Crippen LogP contribution in [-0.4, -0.2) is 39.1 Å². The number of rotatable bonds is 5. The van der Waals surface area contributed by atoms with Gasteiger partial charge in [-0.2, -0.15) is 5.10 Å². The molecule has 3 rings (SSSR count). The van der Waals surface area contributed by atoms with Crippen LogP contribution in [0.3, 0.4) is 0 Å². The van der Waals surface area contributed by atoms with E-state index in [1.807, 2.05) is 32.0 Å². The number of likely N-dealkylation sites (tertiary alicyclic amines) is 1. The van der Waals surface area contributed by atoms with Gasteiger partial charge in [0.25, 0.3) is 0 Å². The van der Waals surface area contributed by atoms with Crippen LogP contribution < -0.4 is 5.32 Å². The molecule has 6 nitrogen and oxygen atoms in total. The van der Waals surface area contributed by atoms with E-state index in [0.29, 0.717) is 23.7 Å². The topological polar surface area (TPSA) is 67.2 Å². The quantitative estimate of drug-likeness (QED) is 0.890. The monoisotopic (exact) mass is 360 g/mol. The van der Waals surface area contributed by atoms with Crippen molar-refractivity contribution in [3.63, 3.8) is 0 Å². The van der Waals surface area contributed by atoms with E-state index in [4.69, 9.17) is 11.6 Å². The zero-order valence-electron chi connectivity index (χ0n) is 14.3. The van der Waals surface area contributed by atoms with Crippen molar-refractivity contribution in [2.24, 2.45) is 5.92 Å². The van der Waals surface area contributed by atoms with Crippen LogP contribution in [0.15, 0.2) is 36.7 Å². The molecule has 1 N–H and O–H groups in total. The summed E-state index contributed by atoms with van der Waals surface area (Å²) in [6.45, 7) is 4.53. The maximum atomic E-state index is 12.7. The third kappa shape index (κ3) is 3.69. The van der Waals surface area contributed by atoms with E-state index in [-0.39, 0.29) is 17.7 Å². The Morgan fingerprint density at radius 3 is 2.72 bits per heavy atom. The molecular weight excluding hydrogens is 340 g/mol. The summed E-state index contributed by atoms with van der Waals surface area (Å²) in [6, 6.07) is 6.87. The number of amides is 2. The number of carbonyl (C=O) groups is 2. The second-order valence-electron chi connectivity index (χ2n) is 6.49. The molecule has 1 aromatic heterocycles. The van der Waals surface area contributed by atoms with Gasteiger partial charge in [0.15, 0.2) is 0 Å². The zero-order chi connectivity index (χ0) is 18.0. The van der Waals surface area contributed by atoms with Crippen LogP contribution >= 0.6 is 11.6 Å². The number of carbonyl (C=O) groups excluding carboxylic acids is 2. The van der Waals surface area contributed by atoms with Crippen LogP contribution in [0.5, 0.6) is 0 Å². The average molecular weight is 361 g/mol. The highest BCUT2D eigenvalue weighted by Gasteiger charge is 2.35. The first-order valence-corrected chi connectivity index (χ1v) is 8.75. The Labute approximate surface area is 151 Å². The first-order chi connectivity index (χ1) is 12.0. The summed E-state index contributed by atoms with van der Waals surface area (Å²) in [4.78, 5) is 26.4. The van der Waals surface area contributed by atoms with Gasteiger partial charge in [0.05, 0.1) is 28.8 Å². The molecule has 0 spiro atoms. The minimum Gasteiger partial charge on any atom is -0.330 e. The average Bonchev–Trinajstić information content (AvgIpc) is 3.18. The van der Waals surface area contributed by atoms with E-state index in [0.717, 1.165) is 12.1 Å². The Morgan fingerprint density at radius 2 is 2.08 bits per heavy atom. The lowest BCUT2D eigenvalue weighted by molar-refractivity contribution is -0.136. The minimum absolute atomic E-state index is 0.0284. The number of anilines is 1. The lowest BCUT2D eigenvalue weighted by atomic mass is 10.0. The van der Waals surface area contributed by atoms with Gasteiger partial charge in [-0.3, -0.25) is 9.59 Å². The number of halogens is 1. The zero-order valence-corrected chi connectivity index (χ0v) is 15.0.